The quantitative estimate of drug-likeness (QED) is 0.419. The van der Waals surface area contributed by atoms with Crippen molar-refractivity contribution in [1.82, 2.24) is 29.2 Å². The zero-order valence-electron chi connectivity index (χ0n) is 17.6. The number of imidazole rings is 1. The molecule has 7 nitrogen and oxygen atoms in total. The number of nitrogens with zero attached hydrogens (tertiary/aromatic N) is 6. The van der Waals surface area contributed by atoms with Gasteiger partial charge in [-0.1, -0.05) is 60.3 Å². The molecule has 0 bridgehead atoms. The van der Waals surface area contributed by atoms with E-state index in [9.17, 15) is 4.79 Å². The van der Waals surface area contributed by atoms with Gasteiger partial charge < -0.3 is 9.47 Å². The number of benzene rings is 2. The fraction of sp³-hybridized carbons (Fsp3) is 0.250. The smallest absolute Gasteiger partial charge is 0.233 e. The third-order valence-corrected chi connectivity index (χ3v) is 6.68. The number of amides is 1. The standard InChI is InChI=1S/C24H24N6OS/c31-22(28-14-11-20(12-15-28)29-16-13-25-18-29)17-32-24-27-26-23(19-7-3-1-4-8-19)30(24)21-9-5-2-6-10-21/h1-10,13,16,18,20H,11-12,14-15,17H2. The van der Waals surface area contributed by atoms with Gasteiger partial charge in [-0.05, 0) is 25.0 Å². The van der Waals surface area contributed by atoms with Crippen molar-refractivity contribution in [1.29, 1.82) is 0 Å². The van der Waals surface area contributed by atoms with Crippen LogP contribution in [0.15, 0.2) is 84.5 Å². The Labute approximate surface area is 191 Å². The van der Waals surface area contributed by atoms with Gasteiger partial charge in [0.1, 0.15) is 0 Å². The van der Waals surface area contributed by atoms with Gasteiger partial charge in [-0.2, -0.15) is 0 Å². The molecule has 4 aromatic rings. The van der Waals surface area contributed by atoms with Crippen molar-refractivity contribution >= 4 is 17.7 Å². The van der Waals surface area contributed by atoms with E-state index in [1.54, 1.807) is 6.20 Å². The third kappa shape index (κ3) is 4.31. The minimum absolute atomic E-state index is 0.142. The first-order chi connectivity index (χ1) is 15.8. The molecule has 0 aliphatic carbocycles. The second-order valence-corrected chi connectivity index (χ2v) is 8.70. The monoisotopic (exact) mass is 444 g/mol. The lowest BCUT2D eigenvalue weighted by Gasteiger charge is -2.32. The van der Waals surface area contributed by atoms with Crippen LogP contribution in [0.3, 0.4) is 0 Å². The van der Waals surface area contributed by atoms with E-state index in [4.69, 9.17) is 0 Å². The molecule has 0 spiro atoms. The SMILES string of the molecule is O=C(CSc1nnc(-c2ccccc2)n1-c1ccccc1)N1CCC(n2ccnc2)CC1. The lowest BCUT2D eigenvalue weighted by molar-refractivity contribution is -0.129. The van der Waals surface area contributed by atoms with Crippen molar-refractivity contribution in [2.45, 2.75) is 24.0 Å². The summed E-state index contributed by atoms with van der Waals surface area (Å²) < 4.78 is 4.17. The molecule has 32 heavy (non-hydrogen) atoms. The van der Waals surface area contributed by atoms with Crippen LogP contribution in [0.5, 0.6) is 0 Å². The first-order valence-corrected chi connectivity index (χ1v) is 11.7. The van der Waals surface area contributed by atoms with Gasteiger partial charge in [-0.25, -0.2) is 4.98 Å². The lowest BCUT2D eigenvalue weighted by Crippen LogP contribution is -2.39. The van der Waals surface area contributed by atoms with Gasteiger partial charge in [-0.15, -0.1) is 10.2 Å². The number of aromatic nitrogens is 5. The van der Waals surface area contributed by atoms with Gasteiger partial charge >= 0.3 is 0 Å². The first-order valence-electron chi connectivity index (χ1n) is 10.7. The summed E-state index contributed by atoms with van der Waals surface area (Å²) in [7, 11) is 0. The van der Waals surface area contributed by atoms with Crippen molar-refractivity contribution in [2.75, 3.05) is 18.8 Å². The van der Waals surface area contributed by atoms with E-state index in [1.165, 1.54) is 11.8 Å². The van der Waals surface area contributed by atoms with Crippen LogP contribution in [0.25, 0.3) is 17.1 Å². The molecule has 2 aromatic heterocycles. The van der Waals surface area contributed by atoms with Crippen LogP contribution >= 0.6 is 11.8 Å². The number of likely N-dealkylation sites (tertiary alicyclic amines) is 1. The van der Waals surface area contributed by atoms with Gasteiger partial charge in [0, 0.05) is 42.8 Å². The summed E-state index contributed by atoms with van der Waals surface area (Å²) in [4.78, 5) is 19.0. The predicted octanol–water partition coefficient (Wildman–Crippen LogP) is 4.09. The molecule has 1 aliphatic heterocycles. The van der Waals surface area contributed by atoms with Crippen LogP contribution < -0.4 is 0 Å². The molecule has 0 unspecified atom stereocenters. The topological polar surface area (TPSA) is 68.8 Å². The molecule has 8 heteroatoms. The molecule has 0 radical (unpaired) electrons. The van der Waals surface area contributed by atoms with Crippen molar-refractivity contribution < 1.29 is 4.79 Å². The summed E-state index contributed by atoms with van der Waals surface area (Å²) >= 11 is 1.44. The third-order valence-electron chi connectivity index (χ3n) is 5.77. The Morgan fingerprint density at radius 2 is 1.69 bits per heavy atom. The number of hydrogen-bond donors (Lipinski definition) is 0. The van der Waals surface area contributed by atoms with Crippen molar-refractivity contribution in [2.24, 2.45) is 0 Å². The Morgan fingerprint density at radius 1 is 0.969 bits per heavy atom. The van der Waals surface area contributed by atoms with Crippen LogP contribution in [-0.4, -0.2) is 54.0 Å². The summed E-state index contributed by atoms with van der Waals surface area (Å²) in [5.41, 5.74) is 1.97. The minimum atomic E-state index is 0.142. The van der Waals surface area contributed by atoms with Gasteiger partial charge in [-0.3, -0.25) is 9.36 Å². The highest BCUT2D eigenvalue weighted by atomic mass is 32.2. The summed E-state index contributed by atoms with van der Waals surface area (Å²) in [5.74, 6) is 1.26. The van der Waals surface area contributed by atoms with Crippen LogP contribution in [0.1, 0.15) is 18.9 Å². The van der Waals surface area contributed by atoms with Gasteiger partial charge in [0.25, 0.3) is 0 Å². The first kappa shape index (κ1) is 20.5. The number of para-hydroxylation sites is 1. The summed E-state index contributed by atoms with van der Waals surface area (Å²) in [6, 6.07) is 20.5. The van der Waals surface area contributed by atoms with Crippen LogP contribution in [0, 0.1) is 0 Å². The molecule has 1 saturated heterocycles. The maximum absolute atomic E-state index is 12.9. The molecular weight excluding hydrogens is 420 g/mol. The predicted molar refractivity (Wildman–Crippen MR) is 125 cm³/mol. The van der Waals surface area contributed by atoms with E-state index >= 15 is 0 Å². The Kier molecular flexibility index (Phi) is 6.02. The van der Waals surface area contributed by atoms with E-state index in [1.807, 2.05) is 82.7 Å². The molecule has 0 N–H and O–H groups in total. The van der Waals surface area contributed by atoms with Gasteiger partial charge in [0.05, 0.1) is 12.1 Å². The number of thioether (sulfide) groups is 1. The van der Waals surface area contributed by atoms with Crippen molar-refractivity contribution in [3.8, 4) is 17.1 Å². The highest BCUT2D eigenvalue weighted by molar-refractivity contribution is 7.99. The van der Waals surface area contributed by atoms with Gasteiger partial charge in [0.2, 0.25) is 5.91 Å². The van der Waals surface area contributed by atoms with Gasteiger partial charge in [0.15, 0.2) is 11.0 Å². The molecule has 3 heterocycles. The minimum Gasteiger partial charge on any atom is -0.342 e. The average Bonchev–Trinajstić information content (AvgIpc) is 3.54. The van der Waals surface area contributed by atoms with E-state index in [0.717, 1.165) is 48.2 Å². The average molecular weight is 445 g/mol. The van der Waals surface area contributed by atoms with Crippen molar-refractivity contribution in [3.63, 3.8) is 0 Å². The highest BCUT2D eigenvalue weighted by Crippen LogP contribution is 2.29. The maximum Gasteiger partial charge on any atom is 0.233 e. The zero-order chi connectivity index (χ0) is 21.8. The zero-order valence-corrected chi connectivity index (χ0v) is 18.4. The highest BCUT2D eigenvalue weighted by Gasteiger charge is 2.24. The molecule has 0 saturated carbocycles. The summed E-state index contributed by atoms with van der Waals surface area (Å²) in [6.07, 6.45) is 7.56. The molecule has 1 fully saturated rings. The summed E-state index contributed by atoms with van der Waals surface area (Å²) in [5, 5.41) is 9.60. The largest absolute Gasteiger partial charge is 0.342 e. The number of carbonyl (C=O) groups is 1. The molecule has 162 valence electrons. The number of hydrogen-bond acceptors (Lipinski definition) is 5. The Morgan fingerprint density at radius 3 is 2.38 bits per heavy atom. The molecule has 1 amide bonds. The van der Waals surface area contributed by atoms with E-state index < -0.39 is 0 Å². The number of piperidine rings is 1. The molecular formula is C24H24N6OS. The Hall–Kier alpha value is -3.39. The second-order valence-electron chi connectivity index (χ2n) is 7.75. The van der Waals surface area contributed by atoms with Crippen LogP contribution in [0.4, 0.5) is 0 Å². The maximum atomic E-state index is 12.9. The second kappa shape index (κ2) is 9.40. The van der Waals surface area contributed by atoms with Crippen LogP contribution in [-0.2, 0) is 4.79 Å². The molecule has 5 rings (SSSR count). The fourth-order valence-corrected chi connectivity index (χ4v) is 4.92. The number of carbonyl (C=O) groups excluding carboxylic acids is 1. The normalized spacial score (nSPS) is 14.6. The lowest BCUT2D eigenvalue weighted by atomic mass is 10.1. The van der Waals surface area contributed by atoms with E-state index in [-0.39, 0.29) is 5.91 Å². The molecule has 2 aromatic carbocycles. The van der Waals surface area contributed by atoms with Crippen molar-refractivity contribution in [3.05, 3.63) is 79.4 Å². The van der Waals surface area contributed by atoms with Crippen LogP contribution in [0.2, 0.25) is 0 Å². The summed E-state index contributed by atoms with van der Waals surface area (Å²) in [6.45, 7) is 1.53. The Bertz CT molecular complexity index is 1150. The molecule has 1 aliphatic rings. The Balaban J connectivity index is 1.29. The molecule has 0 atom stereocenters. The number of rotatable bonds is 6. The van der Waals surface area contributed by atoms with E-state index in [2.05, 4.69) is 19.7 Å². The van der Waals surface area contributed by atoms with E-state index in [0.29, 0.717) is 11.8 Å². The fourth-order valence-electron chi connectivity index (χ4n) is 4.06.